The Hall–Kier alpha value is -1.57. The zero-order valence-electron chi connectivity index (χ0n) is 11.4. The van der Waals surface area contributed by atoms with Crippen molar-refractivity contribution in [3.8, 4) is 0 Å². The third-order valence-electron chi connectivity index (χ3n) is 3.59. The van der Waals surface area contributed by atoms with E-state index in [-0.39, 0.29) is 17.9 Å². The molecule has 0 fully saturated rings. The van der Waals surface area contributed by atoms with Gasteiger partial charge in [0, 0.05) is 5.56 Å². The van der Waals surface area contributed by atoms with Crippen LogP contribution in [-0.4, -0.2) is 63.7 Å². The maximum atomic E-state index is 12.0. The lowest BCUT2D eigenvalue weighted by Crippen LogP contribution is -2.54. The number of nitrogens with one attached hydrogen (secondary N) is 1. The van der Waals surface area contributed by atoms with Crippen LogP contribution in [0.5, 0.6) is 0 Å². The molecule has 0 heterocycles. The Morgan fingerprint density at radius 1 is 1.10 bits per heavy atom. The topological polar surface area (TPSA) is 110 Å². The van der Waals surface area contributed by atoms with E-state index >= 15 is 0 Å². The fraction of sp³-hybridized carbons (Fsp3) is 0.400. The maximum Gasteiger partial charge on any atom is 0.176 e. The van der Waals surface area contributed by atoms with Crippen molar-refractivity contribution in [2.45, 2.75) is 24.4 Å². The highest BCUT2D eigenvalue weighted by molar-refractivity contribution is 5.97. The van der Waals surface area contributed by atoms with Crippen molar-refractivity contribution in [2.75, 3.05) is 13.2 Å². The first-order valence-electron chi connectivity index (χ1n) is 6.72. The van der Waals surface area contributed by atoms with E-state index in [0.717, 1.165) is 0 Å². The SMILES string of the molecule is O=C(CNC1C=C(CO)C(O)C(O)C1O)c1ccccc1. The highest BCUT2D eigenvalue weighted by Gasteiger charge is 2.36. The Balaban J connectivity index is 2.02. The first-order chi connectivity index (χ1) is 10.0. The Labute approximate surface area is 122 Å². The summed E-state index contributed by atoms with van der Waals surface area (Å²) in [5.74, 6) is -0.151. The minimum absolute atomic E-state index is 0.0240. The van der Waals surface area contributed by atoms with Gasteiger partial charge in [-0.05, 0) is 5.57 Å². The first-order valence-corrected chi connectivity index (χ1v) is 6.72. The molecule has 0 aliphatic heterocycles. The van der Waals surface area contributed by atoms with Gasteiger partial charge in [-0.2, -0.15) is 0 Å². The lowest BCUT2D eigenvalue weighted by molar-refractivity contribution is -0.0638. The van der Waals surface area contributed by atoms with E-state index in [1.807, 2.05) is 6.07 Å². The van der Waals surface area contributed by atoms with Crippen molar-refractivity contribution >= 4 is 5.78 Å². The predicted octanol–water partition coefficient (Wildman–Crippen LogP) is -1.16. The van der Waals surface area contributed by atoms with Gasteiger partial charge in [-0.15, -0.1) is 0 Å². The van der Waals surface area contributed by atoms with Gasteiger partial charge in [0.2, 0.25) is 0 Å². The van der Waals surface area contributed by atoms with E-state index in [4.69, 9.17) is 5.11 Å². The number of carbonyl (C=O) groups excluding carboxylic acids is 1. The number of hydrogen-bond donors (Lipinski definition) is 5. The van der Waals surface area contributed by atoms with Crippen LogP contribution in [0.3, 0.4) is 0 Å². The molecule has 6 nitrogen and oxygen atoms in total. The van der Waals surface area contributed by atoms with Crippen LogP contribution in [0.2, 0.25) is 0 Å². The van der Waals surface area contributed by atoms with Crippen molar-refractivity contribution in [2.24, 2.45) is 0 Å². The van der Waals surface area contributed by atoms with Gasteiger partial charge in [-0.25, -0.2) is 0 Å². The van der Waals surface area contributed by atoms with Crippen molar-refractivity contribution in [1.29, 1.82) is 0 Å². The zero-order chi connectivity index (χ0) is 15.4. The fourth-order valence-electron chi connectivity index (χ4n) is 2.31. The predicted molar refractivity (Wildman–Crippen MR) is 75.8 cm³/mol. The third kappa shape index (κ3) is 3.55. The molecule has 1 aromatic carbocycles. The molecule has 0 radical (unpaired) electrons. The molecule has 4 atom stereocenters. The van der Waals surface area contributed by atoms with Gasteiger partial charge in [0.05, 0.1) is 19.2 Å². The number of ketones is 1. The number of aliphatic hydroxyl groups is 4. The molecule has 0 amide bonds. The molecular weight excluding hydrogens is 274 g/mol. The van der Waals surface area contributed by atoms with Gasteiger partial charge in [-0.3, -0.25) is 4.79 Å². The molecular formula is C15H19NO5. The summed E-state index contributed by atoms with van der Waals surface area (Å²) in [4.78, 5) is 12.0. The van der Waals surface area contributed by atoms with Crippen molar-refractivity contribution in [1.82, 2.24) is 5.32 Å². The Morgan fingerprint density at radius 3 is 2.38 bits per heavy atom. The quantitative estimate of drug-likeness (QED) is 0.346. The number of aliphatic hydroxyl groups excluding tert-OH is 4. The van der Waals surface area contributed by atoms with Gasteiger partial charge in [0.25, 0.3) is 0 Å². The monoisotopic (exact) mass is 293 g/mol. The van der Waals surface area contributed by atoms with Crippen molar-refractivity contribution in [3.05, 3.63) is 47.5 Å². The molecule has 21 heavy (non-hydrogen) atoms. The van der Waals surface area contributed by atoms with Gasteiger partial charge >= 0.3 is 0 Å². The van der Waals surface area contributed by atoms with Crippen LogP contribution in [-0.2, 0) is 0 Å². The summed E-state index contributed by atoms with van der Waals surface area (Å²) < 4.78 is 0. The van der Waals surface area contributed by atoms with E-state index in [9.17, 15) is 20.1 Å². The molecule has 1 aliphatic carbocycles. The minimum atomic E-state index is -1.40. The molecule has 0 bridgehead atoms. The average molecular weight is 293 g/mol. The standard InChI is InChI=1S/C15H19NO5/c17-8-10-6-11(14(20)15(21)13(10)19)16-7-12(18)9-4-2-1-3-5-9/h1-6,11,13-17,19-21H,7-8H2. The van der Waals surface area contributed by atoms with E-state index in [1.54, 1.807) is 24.3 Å². The summed E-state index contributed by atoms with van der Waals surface area (Å²) in [5.41, 5.74) is 0.764. The van der Waals surface area contributed by atoms with Crippen LogP contribution in [0.25, 0.3) is 0 Å². The van der Waals surface area contributed by atoms with Gasteiger partial charge in [-0.1, -0.05) is 36.4 Å². The number of carbonyl (C=O) groups is 1. The molecule has 0 saturated carbocycles. The number of hydrogen-bond acceptors (Lipinski definition) is 6. The summed E-state index contributed by atoms with van der Waals surface area (Å²) in [7, 11) is 0. The third-order valence-corrected chi connectivity index (χ3v) is 3.59. The Morgan fingerprint density at radius 2 is 1.76 bits per heavy atom. The van der Waals surface area contributed by atoms with Crippen LogP contribution >= 0.6 is 0 Å². The Bertz CT molecular complexity index is 516. The zero-order valence-corrected chi connectivity index (χ0v) is 11.4. The summed E-state index contributed by atoms with van der Waals surface area (Å²) in [6.07, 6.45) is -2.51. The van der Waals surface area contributed by atoms with Gasteiger partial charge in [0.15, 0.2) is 5.78 Å². The van der Waals surface area contributed by atoms with Crippen molar-refractivity contribution < 1.29 is 25.2 Å². The molecule has 5 N–H and O–H groups in total. The highest BCUT2D eigenvalue weighted by Crippen LogP contribution is 2.20. The normalized spacial score (nSPS) is 29.0. The largest absolute Gasteiger partial charge is 0.392 e. The molecule has 114 valence electrons. The minimum Gasteiger partial charge on any atom is -0.392 e. The van der Waals surface area contributed by atoms with Crippen LogP contribution in [0, 0.1) is 0 Å². The number of Topliss-reactive ketones (excluding diaryl/α,β-unsaturated/α-hetero) is 1. The van der Waals surface area contributed by atoms with Crippen molar-refractivity contribution in [3.63, 3.8) is 0 Å². The molecule has 4 unspecified atom stereocenters. The van der Waals surface area contributed by atoms with Gasteiger partial charge in [0.1, 0.15) is 18.3 Å². The molecule has 6 heteroatoms. The molecule has 1 aliphatic rings. The highest BCUT2D eigenvalue weighted by atomic mass is 16.4. The summed E-state index contributed by atoms with van der Waals surface area (Å²) >= 11 is 0. The maximum absolute atomic E-state index is 12.0. The summed E-state index contributed by atoms with van der Waals surface area (Å²) in [6.45, 7) is -0.445. The smallest absolute Gasteiger partial charge is 0.176 e. The fourth-order valence-corrected chi connectivity index (χ4v) is 2.31. The Kier molecular flexibility index (Phi) is 5.22. The summed E-state index contributed by atoms with van der Waals surface area (Å²) in [6, 6.07) is 7.99. The molecule has 1 aromatic rings. The lowest BCUT2D eigenvalue weighted by Gasteiger charge is -2.34. The second-order valence-electron chi connectivity index (χ2n) is 5.02. The van der Waals surface area contributed by atoms with E-state index < -0.39 is 31.0 Å². The van der Waals surface area contributed by atoms with E-state index in [0.29, 0.717) is 5.56 Å². The number of rotatable bonds is 5. The number of benzene rings is 1. The molecule has 0 spiro atoms. The van der Waals surface area contributed by atoms with E-state index in [2.05, 4.69) is 5.32 Å². The van der Waals surface area contributed by atoms with Crippen LogP contribution in [0.4, 0.5) is 0 Å². The van der Waals surface area contributed by atoms with Crippen LogP contribution in [0.15, 0.2) is 42.0 Å². The second kappa shape index (κ2) is 6.93. The first kappa shape index (κ1) is 15.8. The van der Waals surface area contributed by atoms with E-state index in [1.165, 1.54) is 6.08 Å². The lowest BCUT2D eigenvalue weighted by atomic mass is 9.88. The molecule has 0 aromatic heterocycles. The van der Waals surface area contributed by atoms with Crippen LogP contribution in [0.1, 0.15) is 10.4 Å². The molecule has 0 saturated heterocycles. The second-order valence-corrected chi connectivity index (χ2v) is 5.02. The van der Waals surface area contributed by atoms with Gasteiger partial charge < -0.3 is 25.7 Å². The molecule has 2 rings (SSSR count). The summed E-state index contributed by atoms with van der Waals surface area (Å²) in [5, 5.41) is 41.2. The van der Waals surface area contributed by atoms with Crippen LogP contribution < -0.4 is 5.32 Å². The average Bonchev–Trinajstić information content (AvgIpc) is 2.52.